The fourth-order valence-electron chi connectivity index (χ4n) is 2.48. The minimum absolute atomic E-state index is 0.0463. The van der Waals surface area contributed by atoms with Crippen molar-refractivity contribution in [2.45, 2.75) is 60.7 Å². The number of esters is 2. The minimum atomic E-state index is -2.28. The van der Waals surface area contributed by atoms with E-state index in [-0.39, 0.29) is 38.3 Å². The molecule has 0 aliphatic rings. The molecule has 0 radical (unpaired) electrons. The quantitative estimate of drug-likeness (QED) is 0.175. The van der Waals surface area contributed by atoms with Crippen molar-refractivity contribution in [3.8, 4) is 0 Å². The highest BCUT2D eigenvalue weighted by Gasteiger charge is 2.35. The van der Waals surface area contributed by atoms with Crippen molar-refractivity contribution in [1.29, 1.82) is 0 Å². The van der Waals surface area contributed by atoms with E-state index >= 15 is 0 Å². The standard InChI is InChI=1S/C11H24O5Si.C6H10O3.C5H14O2Si/c1-5-15-17(4,16-6-2)9-10(3)11(13)14-8-7-12;1-5(2)6(8)9-4-3-7;1-4-6-8(3)7-5-2/h10,12H,5-9H2,1-4H3;7H,1,3-4H2,2H3;8H,4-5H2,1-3H3. The van der Waals surface area contributed by atoms with Crippen LogP contribution in [0.1, 0.15) is 41.5 Å². The molecule has 2 N–H and O–H groups in total. The van der Waals surface area contributed by atoms with Crippen LogP contribution in [0.2, 0.25) is 19.1 Å². The maximum atomic E-state index is 11.6. The summed E-state index contributed by atoms with van der Waals surface area (Å²) >= 11 is 0. The number of ether oxygens (including phenoxy) is 2. The average Bonchev–Trinajstić information content (AvgIpc) is 2.77. The first kappa shape index (κ1) is 37.4. The van der Waals surface area contributed by atoms with Crippen molar-refractivity contribution in [2.75, 3.05) is 52.9 Å². The van der Waals surface area contributed by atoms with Gasteiger partial charge in [-0.05, 0) is 47.7 Å². The monoisotopic (exact) mass is 528 g/mol. The summed E-state index contributed by atoms with van der Waals surface area (Å²) in [5.74, 6) is -1.03. The van der Waals surface area contributed by atoms with Crippen molar-refractivity contribution < 1.29 is 47.0 Å². The predicted octanol–water partition coefficient (Wildman–Crippen LogP) is 2.31. The number of rotatable bonds is 16. The first-order valence-electron chi connectivity index (χ1n) is 11.7. The molecule has 0 aliphatic carbocycles. The molecule has 0 aromatic heterocycles. The van der Waals surface area contributed by atoms with Crippen molar-refractivity contribution in [2.24, 2.45) is 5.92 Å². The summed E-state index contributed by atoms with van der Waals surface area (Å²) in [7, 11) is -3.48. The second-order valence-corrected chi connectivity index (χ2v) is 12.2. The Morgan fingerprint density at radius 3 is 1.71 bits per heavy atom. The summed E-state index contributed by atoms with van der Waals surface area (Å²) in [6.07, 6.45) is 0. The normalized spacial score (nSPS) is 11.5. The molecule has 0 bridgehead atoms. The van der Waals surface area contributed by atoms with E-state index < -0.39 is 23.8 Å². The van der Waals surface area contributed by atoms with Crippen LogP contribution in [0.25, 0.3) is 0 Å². The van der Waals surface area contributed by atoms with Gasteiger partial charge in [0.1, 0.15) is 13.2 Å². The highest BCUT2D eigenvalue weighted by molar-refractivity contribution is 6.66. The molecular weight excluding hydrogens is 480 g/mol. The second-order valence-electron chi connectivity index (χ2n) is 7.11. The molecule has 0 amide bonds. The number of carbonyl (C=O) groups excluding carboxylic acids is 2. The highest BCUT2D eigenvalue weighted by atomic mass is 28.4. The van der Waals surface area contributed by atoms with Gasteiger partial charge in [-0.15, -0.1) is 0 Å². The lowest BCUT2D eigenvalue weighted by atomic mass is 10.2. The van der Waals surface area contributed by atoms with Crippen molar-refractivity contribution in [1.82, 2.24) is 0 Å². The summed E-state index contributed by atoms with van der Waals surface area (Å²) in [6, 6.07) is 0.568. The van der Waals surface area contributed by atoms with E-state index in [0.717, 1.165) is 13.2 Å². The number of hydrogen-bond donors (Lipinski definition) is 2. The predicted molar refractivity (Wildman–Crippen MR) is 136 cm³/mol. The van der Waals surface area contributed by atoms with E-state index in [1.54, 1.807) is 13.8 Å². The van der Waals surface area contributed by atoms with Crippen molar-refractivity contribution in [3.63, 3.8) is 0 Å². The molecule has 0 aromatic carbocycles. The molecule has 1 unspecified atom stereocenters. The van der Waals surface area contributed by atoms with Crippen LogP contribution >= 0.6 is 0 Å². The van der Waals surface area contributed by atoms with Crippen LogP contribution in [0.3, 0.4) is 0 Å². The van der Waals surface area contributed by atoms with Crippen molar-refractivity contribution >= 4 is 29.8 Å². The Hall–Kier alpha value is -1.13. The van der Waals surface area contributed by atoms with Gasteiger partial charge in [0.15, 0.2) is 0 Å². The van der Waals surface area contributed by atoms with E-state index in [1.165, 1.54) is 0 Å². The Morgan fingerprint density at radius 2 is 1.35 bits per heavy atom. The number of carbonyl (C=O) groups is 2. The lowest BCUT2D eigenvalue weighted by Crippen LogP contribution is -2.41. The van der Waals surface area contributed by atoms with E-state index in [4.69, 9.17) is 32.7 Å². The molecule has 0 saturated heterocycles. The number of aliphatic hydroxyl groups is 2. The van der Waals surface area contributed by atoms with Crippen LogP contribution in [0.5, 0.6) is 0 Å². The fourth-order valence-corrected chi connectivity index (χ4v) is 6.33. The fraction of sp³-hybridized carbons (Fsp3) is 0.818. The summed E-state index contributed by atoms with van der Waals surface area (Å²) in [5.41, 5.74) is 0.350. The molecule has 0 aliphatic heterocycles. The number of hydrogen-bond acceptors (Lipinski definition) is 10. The molecule has 0 saturated carbocycles. The van der Waals surface area contributed by atoms with Crippen LogP contribution in [-0.2, 0) is 36.8 Å². The lowest BCUT2D eigenvalue weighted by molar-refractivity contribution is -0.148. The van der Waals surface area contributed by atoms with Gasteiger partial charge in [-0.3, -0.25) is 4.79 Å². The Kier molecular flexibility index (Phi) is 27.5. The highest BCUT2D eigenvalue weighted by Crippen LogP contribution is 2.20. The third kappa shape index (κ3) is 24.0. The Balaban J connectivity index is -0.000000474. The second kappa shape index (κ2) is 25.0. The van der Waals surface area contributed by atoms with E-state index in [9.17, 15) is 9.59 Å². The minimum Gasteiger partial charge on any atom is -0.463 e. The van der Waals surface area contributed by atoms with Gasteiger partial charge in [0, 0.05) is 38.0 Å². The molecule has 1 atom stereocenters. The van der Waals surface area contributed by atoms with Gasteiger partial charge in [-0.2, -0.15) is 0 Å². The maximum absolute atomic E-state index is 11.6. The largest absolute Gasteiger partial charge is 0.463 e. The van der Waals surface area contributed by atoms with E-state index in [2.05, 4.69) is 11.3 Å². The zero-order valence-corrected chi connectivity index (χ0v) is 24.5. The Bertz CT molecular complexity index is 508. The third-order valence-corrected chi connectivity index (χ3v) is 8.55. The van der Waals surface area contributed by atoms with Gasteiger partial charge >= 0.3 is 29.8 Å². The Morgan fingerprint density at radius 1 is 0.912 bits per heavy atom. The van der Waals surface area contributed by atoms with Crippen molar-refractivity contribution in [3.05, 3.63) is 12.2 Å². The first-order chi connectivity index (χ1) is 16.0. The molecule has 0 aromatic rings. The SMILES string of the molecule is C=C(C)C(=O)OCCO.CCO[SiH](C)OCC.CCO[Si](C)(CC(C)C(=O)OCCO)OCC. The first-order valence-corrected chi connectivity index (χ1v) is 16.3. The lowest BCUT2D eigenvalue weighted by Gasteiger charge is -2.27. The molecule has 0 spiro atoms. The Labute approximate surface area is 208 Å². The summed E-state index contributed by atoms with van der Waals surface area (Å²) < 4.78 is 31.0. The molecular formula is C22H48O10Si2. The van der Waals surface area contributed by atoms with Gasteiger partial charge in [0.05, 0.1) is 19.1 Å². The smallest absolute Gasteiger partial charge is 0.335 e. The summed E-state index contributed by atoms with van der Waals surface area (Å²) in [4.78, 5) is 22.0. The zero-order chi connectivity index (χ0) is 27.0. The maximum Gasteiger partial charge on any atom is 0.335 e. The van der Waals surface area contributed by atoms with Gasteiger partial charge in [0.2, 0.25) is 0 Å². The zero-order valence-electron chi connectivity index (χ0n) is 22.4. The van der Waals surface area contributed by atoms with E-state index in [1.807, 2.05) is 40.8 Å². The molecule has 204 valence electrons. The van der Waals surface area contributed by atoms with Crippen LogP contribution in [-0.4, -0.2) is 92.9 Å². The molecule has 10 nitrogen and oxygen atoms in total. The molecule has 0 fully saturated rings. The van der Waals surface area contributed by atoms with Gasteiger partial charge in [-0.1, -0.05) is 13.5 Å². The summed E-state index contributed by atoms with van der Waals surface area (Å²) in [5, 5.41) is 16.8. The van der Waals surface area contributed by atoms with Crippen LogP contribution in [0, 0.1) is 5.92 Å². The summed E-state index contributed by atoms with van der Waals surface area (Å²) in [6.45, 7) is 21.0. The topological polar surface area (TPSA) is 130 Å². The average molecular weight is 529 g/mol. The molecule has 0 heterocycles. The van der Waals surface area contributed by atoms with Gasteiger partial charge in [-0.25, -0.2) is 4.79 Å². The number of aliphatic hydroxyl groups excluding tert-OH is 2. The van der Waals surface area contributed by atoms with E-state index in [0.29, 0.717) is 24.8 Å². The third-order valence-electron chi connectivity index (χ3n) is 3.79. The van der Waals surface area contributed by atoms with Gasteiger partial charge < -0.3 is 37.4 Å². The molecule has 0 rings (SSSR count). The molecule has 12 heteroatoms. The molecule has 34 heavy (non-hydrogen) atoms. The van der Waals surface area contributed by atoms with Crippen LogP contribution < -0.4 is 0 Å². The van der Waals surface area contributed by atoms with Crippen LogP contribution in [0.15, 0.2) is 12.2 Å². The van der Waals surface area contributed by atoms with Crippen LogP contribution in [0.4, 0.5) is 0 Å². The van der Waals surface area contributed by atoms with Gasteiger partial charge in [0.25, 0.3) is 0 Å².